The minimum absolute atomic E-state index is 0.164. The standard InChI is InChI=1S/C6H8ClN5O2/c7-4-1-3(14-6(13)12-9)2-10-5(4)11-8/h1-2H,8-9H2,(H,10,11)(H,12,13). The lowest BCUT2D eigenvalue weighted by molar-refractivity contribution is 0.200. The highest BCUT2D eigenvalue weighted by molar-refractivity contribution is 6.33. The maximum atomic E-state index is 10.7. The highest BCUT2D eigenvalue weighted by Gasteiger charge is 2.05. The van der Waals surface area contributed by atoms with Gasteiger partial charge in [-0.25, -0.2) is 21.5 Å². The van der Waals surface area contributed by atoms with Crippen molar-refractivity contribution in [2.45, 2.75) is 0 Å². The normalized spacial score (nSPS) is 9.36. The molecule has 1 heterocycles. The number of ether oxygens (including phenoxy) is 1. The van der Waals surface area contributed by atoms with Crippen LogP contribution in [0.25, 0.3) is 0 Å². The molecule has 0 unspecified atom stereocenters. The molecule has 0 atom stereocenters. The number of pyridine rings is 1. The molecule has 0 aliphatic heterocycles. The first-order valence-corrected chi connectivity index (χ1v) is 3.85. The summed E-state index contributed by atoms with van der Waals surface area (Å²) in [6.45, 7) is 0. The molecule has 1 aromatic rings. The molecule has 7 nitrogen and oxygen atoms in total. The number of nitrogens with one attached hydrogen (secondary N) is 2. The van der Waals surface area contributed by atoms with Gasteiger partial charge in [0.15, 0.2) is 11.6 Å². The Morgan fingerprint density at radius 2 is 2.29 bits per heavy atom. The summed E-state index contributed by atoms with van der Waals surface area (Å²) in [7, 11) is 0. The van der Waals surface area contributed by atoms with E-state index in [1.807, 2.05) is 0 Å². The average Bonchev–Trinajstić information content (AvgIpc) is 2.18. The van der Waals surface area contributed by atoms with Crippen molar-refractivity contribution in [1.82, 2.24) is 10.4 Å². The van der Waals surface area contributed by atoms with Crippen molar-refractivity contribution in [3.05, 3.63) is 17.3 Å². The molecule has 6 N–H and O–H groups in total. The fraction of sp³-hybridized carbons (Fsp3) is 0. The lowest BCUT2D eigenvalue weighted by atomic mass is 10.4. The van der Waals surface area contributed by atoms with E-state index in [1.165, 1.54) is 12.3 Å². The number of carbonyl (C=O) groups excluding carboxylic acids is 1. The third-order valence-electron chi connectivity index (χ3n) is 1.28. The van der Waals surface area contributed by atoms with Crippen molar-refractivity contribution >= 4 is 23.5 Å². The van der Waals surface area contributed by atoms with Crippen LogP contribution < -0.4 is 27.3 Å². The second-order valence-corrected chi connectivity index (χ2v) is 2.59. The first-order valence-electron chi connectivity index (χ1n) is 3.48. The molecule has 1 aromatic heterocycles. The van der Waals surface area contributed by atoms with Crippen LogP contribution in [0.2, 0.25) is 5.02 Å². The first kappa shape index (κ1) is 10.5. The van der Waals surface area contributed by atoms with E-state index in [1.54, 1.807) is 5.43 Å². The molecule has 0 aliphatic carbocycles. The SMILES string of the molecule is NNC(=O)Oc1cnc(NN)c(Cl)c1. The van der Waals surface area contributed by atoms with Crippen molar-refractivity contribution in [3.63, 3.8) is 0 Å². The number of hydrogen-bond donors (Lipinski definition) is 4. The van der Waals surface area contributed by atoms with Gasteiger partial charge in [0.2, 0.25) is 0 Å². The van der Waals surface area contributed by atoms with Crippen molar-refractivity contribution in [2.24, 2.45) is 11.7 Å². The molecule has 0 saturated heterocycles. The lowest BCUT2D eigenvalue weighted by Crippen LogP contribution is -2.32. The minimum Gasteiger partial charge on any atom is -0.408 e. The second kappa shape index (κ2) is 4.61. The number of hydrazine groups is 2. The summed E-state index contributed by atoms with van der Waals surface area (Å²) in [5.74, 6) is 10.3. The number of hydrogen-bond acceptors (Lipinski definition) is 6. The highest BCUT2D eigenvalue weighted by Crippen LogP contribution is 2.22. The highest BCUT2D eigenvalue weighted by atomic mass is 35.5. The largest absolute Gasteiger partial charge is 0.426 e. The topological polar surface area (TPSA) is 115 Å². The predicted octanol–water partition coefficient (Wildman–Crippen LogP) is -0.0173. The molecule has 14 heavy (non-hydrogen) atoms. The van der Waals surface area contributed by atoms with Gasteiger partial charge in [-0.3, -0.25) is 5.43 Å². The zero-order chi connectivity index (χ0) is 10.6. The van der Waals surface area contributed by atoms with E-state index in [-0.39, 0.29) is 16.6 Å². The number of anilines is 1. The van der Waals surface area contributed by atoms with E-state index < -0.39 is 6.09 Å². The van der Waals surface area contributed by atoms with Crippen LogP contribution >= 0.6 is 11.6 Å². The molecular weight excluding hydrogens is 210 g/mol. The van der Waals surface area contributed by atoms with Crippen LogP contribution in [0.5, 0.6) is 5.75 Å². The van der Waals surface area contributed by atoms with E-state index in [9.17, 15) is 4.79 Å². The van der Waals surface area contributed by atoms with Crippen LogP contribution in [0.1, 0.15) is 0 Å². The van der Waals surface area contributed by atoms with Gasteiger partial charge >= 0.3 is 6.09 Å². The van der Waals surface area contributed by atoms with Gasteiger partial charge in [0.1, 0.15) is 0 Å². The molecular formula is C6H8ClN5O2. The number of rotatable bonds is 2. The van der Waals surface area contributed by atoms with E-state index in [4.69, 9.17) is 23.3 Å². The lowest BCUT2D eigenvalue weighted by Gasteiger charge is -2.05. The monoisotopic (exact) mass is 217 g/mol. The fourth-order valence-electron chi connectivity index (χ4n) is 0.719. The smallest absolute Gasteiger partial charge is 0.408 e. The Morgan fingerprint density at radius 1 is 1.57 bits per heavy atom. The van der Waals surface area contributed by atoms with Gasteiger partial charge in [0.25, 0.3) is 0 Å². The third kappa shape index (κ3) is 2.46. The van der Waals surface area contributed by atoms with Crippen molar-refractivity contribution < 1.29 is 9.53 Å². The summed E-state index contributed by atoms with van der Waals surface area (Å²) in [6, 6.07) is 1.37. The van der Waals surface area contributed by atoms with Gasteiger partial charge in [0.05, 0.1) is 11.2 Å². The number of nitrogens with two attached hydrogens (primary N) is 2. The van der Waals surface area contributed by atoms with Crippen LogP contribution in [0.4, 0.5) is 10.6 Å². The molecule has 0 aliphatic rings. The van der Waals surface area contributed by atoms with Crippen LogP contribution in [-0.4, -0.2) is 11.1 Å². The summed E-state index contributed by atoms with van der Waals surface area (Å²) in [4.78, 5) is 14.4. The fourth-order valence-corrected chi connectivity index (χ4v) is 0.930. The molecule has 0 aromatic carbocycles. The van der Waals surface area contributed by atoms with Gasteiger partial charge in [-0.15, -0.1) is 0 Å². The summed E-state index contributed by atoms with van der Waals surface area (Å²) in [5.41, 5.74) is 4.06. The minimum atomic E-state index is -0.809. The number of carbonyl (C=O) groups is 1. The Morgan fingerprint density at radius 3 is 2.79 bits per heavy atom. The number of nitrogens with zero attached hydrogens (tertiary/aromatic N) is 1. The quantitative estimate of drug-likeness (QED) is 0.314. The van der Waals surface area contributed by atoms with Gasteiger partial charge in [-0.1, -0.05) is 11.6 Å². The Balaban J connectivity index is 2.81. The molecule has 0 spiro atoms. The number of nitrogen functional groups attached to an aromatic ring is 1. The second-order valence-electron chi connectivity index (χ2n) is 2.18. The Hall–Kier alpha value is -1.57. The molecule has 1 rings (SSSR count). The maximum absolute atomic E-state index is 10.7. The number of halogens is 1. The van der Waals surface area contributed by atoms with Crippen LogP contribution in [0.15, 0.2) is 12.3 Å². The zero-order valence-corrected chi connectivity index (χ0v) is 7.71. The molecule has 0 radical (unpaired) electrons. The van der Waals surface area contributed by atoms with E-state index in [0.717, 1.165) is 0 Å². The average molecular weight is 218 g/mol. The predicted molar refractivity (Wildman–Crippen MR) is 50.4 cm³/mol. The Kier molecular flexibility index (Phi) is 3.46. The summed E-state index contributed by atoms with van der Waals surface area (Å²) in [6.07, 6.45) is 0.465. The van der Waals surface area contributed by atoms with Gasteiger partial charge in [-0.2, -0.15) is 0 Å². The number of aromatic nitrogens is 1. The van der Waals surface area contributed by atoms with Gasteiger partial charge in [0, 0.05) is 6.07 Å². The molecule has 1 amide bonds. The molecule has 8 heteroatoms. The van der Waals surface area contributed by atoms with Crippen LogP contribution in [0, 0.1) is 0 Å². The van der Waals surface area contributed by atoms with E-state index in [0.29, 0.717) is 0 Å². The molecule has 76 valence electrons. The Bertz CT molecular complexity index is 345. The first-order chi connectivity index (χ1) is 6.67. The summed E-state index contributed by atoms with van der Waals surface area (Å²) >= 11 is 5.71. The Labute approximate surface area is 84.3 Å². The van der Waals surface area contributed by atoms with Crippen LogP contribution in [0.3, 0.4) is 0 Å². The van der Waals surface area contributed by atoms with Crippen molar-refractivity contribution in [2.75, 3.05) is 5.43 Å². The molecule has 0 fully saturated rings. The van der Waals surface area contributed by atoms with Crippen molar-refractivity contribution in [3.8, 4) is 5.75 Å². The van der Waals surface area contributed by atoms with E-state index >= 15 is 0 Å². The maximum Gasteiger partial charge on any atom is 0.426 e. The summed E-state index contributed by atoms with van der Waals surface area (Å²) < 4.78 is 4.65. The van der Waals surface area contributed by atoms with Crippen LogP contribution in [-0.2, 0) is 0 Å². The third-order valence-corrected chi connectivity index (χ3v) is 1.57. The molecule has 0 bridgehead atoms. The van der Waals surface area contributed by atoms with Crippen molar-refractivity contribution in [1.29, 1.82) is 0 Å². The molecule has 0 saturated carbocycles. The van der Waals surface area contributed by atoms with E-state index in [2.05, 4.69) is 15.1 Å². The zero-order valence-electron chi connectivity index (χ0n) is 6.95. The summed E-state index contributed by atoms with van der Waals surface area (Å²) in [5, 5.41) is 0.231. The van der Waals surface area contributed by atoms with Gasteiger partial charge < -0.3 is 10.2 Å². The number of amides is 1. The van der Waals surface area contributed by atoms with Gasteiger partial charge in [-0.05, 0) is 0 Å².